The number of pyridine rings is 1. The van der Waals surface area contributed by atoms with Crippen LogP contribution in [0.3, 0.4) is 0 Å². The van der Waals surface area contributed by atoms with Gasteiger partial charge in [0, 0.05) is 23.2 Å². The third-order valence-electron chi connectivity index (χ3n) is 3.26. The highest BCUT2D eigenvalue weighted by molar-refractivity contribution is 9.10. The Kier molecular flexibility index (Phi) is 4.59. The maximum Gasteiger partial charge on any atom is 0.219 e. The summed E-state index contributed by atoms with van der Waals surface area (Å²) < 4.78 is 10.8. The van der Waals surface area contributed by atoms with E-state index in [9.17, 15) is 0 Å². The van der Waals surface area contributed by atoms with Gasteiger partial charge in [-0.05, 0) is 39.7 Å². The number of hydrogen-bond acceptors (Lipinski definition) is 3. The number of hydrogen-bond donors (Lipinski definition) is 0. The standard InChI is InChI=1S/C15H11BrCl3NO2/c16-11-4-5-13(20-7-11)22-12-3-1-2-10(6-12)14(9-21-14)8-15(17,18)19/h1-7H,8-9H2. The lowest BCUT2D eigenvalue weighted by molar-refractivity contribution is 0.294. The molecule has 1 aliphatic heterocycles. The summed E-state index contributed by atoms with van der Waals surface area (Å²) in [5.41, 5.74) is 0.381. The van der Waals surface area contributed by atoms with Crippen molar-refractivity contribution in [3.8, 4) is 11.6 Å². The smallest absolute Gasteiger partial charge is 0.219 e. The lowest BCUT2D eigenvalue weighted by atomic mass is 9.97. The highest BCUT2D eigenvalue weighted by Gasteiger charge is 2.51. The number of benzene rings is 1. The van der Waals surface area contributed by atoms with Gasteiger partial charge in [-0.25, -0.2) is 4.98 Å². The Morgan fingerprint density at radius 1 is 1.27 bits per heavy atom. The van der Waals surface area contributed by atoms with E-state index in [1.54, 1.807) is 12.3 Å². The van der Waals surface area contributed by atoms with Gasteiger partial charge in [0.1, 0.15) is 11.4 Å². The highest BCUT2D eigenvalue weighted by atomic mass is 79.9. The quantitative estimate of drug-likeness (QED) is 0.473. The van der Waals surface area contributed by atoms with Crippen molar-refractivity contribution in [1.29, 1.82) is 0 Å². The van der Waals surface area contributed by atoms with Crippen molar-refractivity contribution in [2.75, 3.05) is 6.61 Å². The third-order valence-corrected chi connectivity index (χ3v) is 4.13. The van der Waals surface area contributed by atoms with Gasteiger partial charge in [0.05, 0.1) is 6.61 Å². The molecule has 1 aromatic heterocycles. The molecule has 1 saturated heterocycles. The average Bonchev–Trinajstić information content (AvgIpc) is 3.21. The lowest BCUT2D eigenvalue weighted by Crippen LogP contribution is -2.18. The first-order chi connectivity index (χ1) is 10.4. The predicted molar refractivity (Wildman–Crippen MR) is 91.0 cm³/mol. The van der Waals surface area contributed by atoms with Crippen LogP contribution in [-0.2, 0) is 10.3 Å². The van der Waals surface area contributed by atoms with Gasteiger partial charge in [0.25, 0.3) is 0 Å². The maximum atomic E-state index is 5.90. The molecule has 22 heavy (non-hydrogen) atoms. The summed E-state index contributed by atoms with van der Waals surface area (Å²) in [6.45, 7) is 0.529. The predicted octanol–water partition coefficient (Wildman–Crippen LogP) is 5.62. The summed E-state index contributed by atoms with van der Waals surface area (Å²) in [6, 6.07) is 11.2. The number of ether oxygens (including phenoxy) is 2. The van der Waals surface area contributed by atoms with Gasteiger partial charge in [-0.1, -0.05) is 46.9 Å². The molecule has 1 aromatic carbocycles. The summed E-state index contributed by atoms with van der Waals surface area (Å²) in [5.74, 6) is 1.17. The molecule has 2 heterocycles. The molecule has 3 rings (SSSR count). The zero-order valence-electron chi connectivity index (χ0n) is 11.2. The Bertz CT molecular complexity index is 669. The summed E-state index contributed by atoms with van der Waals surface area (Å²) >= 11 is 21.0. The number of alkyl halides is 3. The van der Waals surface area contributed by atoms with Gasteiger partial charge >= 0.3 is 0 Å². The molecule has 1 aliphatic rings. The third kappa shape index (κ3) is 4.06. The van der Waals surface area contributed by atoms with Gasteiger partial charge in [0.15, 0.2) is 3.79 Å². The summed E-state index contributed by atoms with van der Waals surface area (Å²) in [7, 11) is 0. The van der Waals surface area contributed by atoms with Crippen LogP contribution in [0.4, 0.5) is 0 Å². The molecule has 7 heteroatoms. The molecule has 1 atom stereocenters. The Morgan fingerprint density at radius 2 is 2.05 bits per heavy atom. The SMILES string of the molecule is ClC(Cl)(Cl)CC1(c2cccc(Oc3ccc(Br)cn3)c2)CO1. The maximum absolute atomic E-state index is 5.90. The molecular weight excluding hydrogens is 412 g/mol. The number of rotatable bonds is 4. The van der Waals surface area contributed by atoms with Crippen LogP contribution in [0.1, 0.15) is 12.0 Å². The van der Waals surface area contributed by atoms with Crippen LogP contribution in [0.2, 0.25) is 0 Å². The van der Waals surface area contributed by atoms with Gasteiger partial charge in [0.2, 0.25) is 5.88 Å². The zero-order chi connectivity index (χ0) is 15.8. The van der Waals surface area contributed by atoms with E-state index in [0.717, 1.165) is 10.0 Å². The minimum absolute atomic E-state index is 0.296. The molecule has 116 valence electrons. The van der Waals surface area contributed by atoms with Crippen molar-refractivity contribution < 1.29 is 9.47 Å². The fourth-order valence-electron chi connectivity index (χ4n) is 2.17. The van der Waals surface area contributed by atoms with Gasteiger partial charge < -0.3 is 9.47 Å². The topological polar surface area (TPSA) is 34.6 Å². The average molecular weight is 424 g/mol. The van der Waals surface area contributed by atoms with Gasteiger partial charge in [-0.15, -0.1) is 0 Å². The molecule has 0 spiro atoms. The second-order valence-electron chi connectivity index (χ2n) is 5.02. The van der Waals surface area contributed by atoms with Crippen LogP contribution in [0.15, 0.2) is 47.1 Å². The monoisotopic (exact) mass is 421 g/mol. The van der Waals surface area contributed by atoms with Crippen molar-refractivity contribution >= 4 is 50.7 Å². The van der Waals surface area contributed by atoms with Gasteiger partial charge in [-0.2, -0.15) is 0 Å². The van der Waals surface area contributed by atoms with Crippen LogP contribution >= 0.6 is 50.7 Å². The van der Waals surface area contributed by atoms with E-state index in [4.69, 9.17) is 44.3 Å². The molecule has 3 nitrogen and oxygen atoms in total. The fourth-order valence-corrected chi connectivity index (χ4v) is 3.05. The normalized spacial score (nSPS) is 20.7. The van der Waals surface area contributed by atoms with E-state index in [1.807, 2.05) is 30.3 Å². The van der Waals surface area contributed by atoms with Crippen LogP contribution in [-0.4, -0.2) is 15.4 Å². The van der Waals surface area contributed by atoms with E-state index in [1.165, 1.54) is 0 Å². The van der Waals surface area contributed by atoms with Crippen molar-refractivity contribution in [2.24, 2.45) is 0 Å². The van der Waals surface area contributed by atoms with Crippen molar-refractivity contribution in [1.82, 2.24) is 4.98 Å². The van der Waals surface area contributed by atoms with Crippen LogP contribution in [0.25, 0.3) is 0 Å². The van der Waals surface area contributed by atoms with E-state index in [-0.39, 0.29) is 0 Å². The molecule has 0 N–H and O–H groups in total. The molecule has 0 radical (unpaired) electrons. The second kappa shape index (κ2) is 6.17. The first-order valence-corrected chi connectivity index (χ1v) is 8.40. The molecule has 0 saturated carbocycles. The summed E-state index contributed by atoms with van der Waals surface area (Å²) in [6.07, 6.45) is 1.97. The van der Waals surface area contributed by atoms with E-state index >= 15 is 0 Å². The Balaban J connectivity index is 1.80. The van der Waals surface area contributed by atoms with Crippen LogP contribution in [0, 0.1) is 0 Å². The van der Waals surface area contributed by atoms with Crippen molar-refractivity contribution in [2.45, 2.75) is 15.8 Å². The summed E-state index contributed by atoms with van der Waals surface area (Å²) in [4.78, 5) is 4.18. The number of aromatic nitrogens is 1. The molecular formula is C15H11BrCl3NO2. The largest absolute Gasteiger partial charge is 0.439 e. The number of halogens is 4. The summed E-state index contributed by atoms with van der Waals surface area (Å²) in [5, 5.41) is 0. The Morgan fingerprint density at radius 3 is 2.64 bits per heavy atom. The van der Waals surface area contributed by atoms with Crippen molar-refractivity contribution in [3.63, 3.8) is 0 Å². The minimum atomic E-state index is -1.36. The van der Waals surface area contributed by atoms with Gasteiger partial charge in [-0.3, -0.25) is 0 Å². The zero-order valence-corrected chi connectivity index (χ0v) is 15.1. The van der Waals surface area contributed by atoms with E-state index in [2.05, 4.69) is 20.9 Å². The Labute approximate surface area is 151 Å². The molecule has 0 bridgehead atoms. The number of epoxide rings is 1. The molecule has 1 fully saturated rings. The van der Waals surface area contributed by atoms with Crippen LogP contribution < -0.4 is 4.74 Å². The van der Waals surface area contributed by atoms with E-state index in [0.29, 0.717) is 24.7 Å². The molecule has 1 unspecified atom stereocenters. The Hall–Kier alpha value is -0.520. The van der Waals surface area contributed by atoms with Crippen LogP contribution in [0.5, 0.6) is 11.6 Å². The first-order valence-electron chi connectivity index (χ1n) is 6.47. The molecule has 2 aromatic rings. The number of nitrogens with zero attached hydrogens (tertiary/aromatic N) is 1. The highest BCUT2D eigenvalue weighted by Crippen LogP contribution is 2.50. The lowest BCUT2D eigenvalue weighted by Gasteiger charge is -2.18. The first kappa shape index (κ1) is 16.3. The van der Waals surface area contributed by atoms with E-state index < -0.39 is 9.39 Å². The van der Waals surface area contributed by atoms with Crippen molar-refractivity contribution in [3.05, 3.63) is 52.6 Å². The minimum Gasteiger partial charge on any atom is -0.439 e. The molecule has 0 amide bonds. The second-order valence-corrected chi connectivity index (χ2v) is 8.45. The molecule has 0 aliphatic carbocycles. The fraction of sp³-hybridized carbons (Fsp3) is 0.267.